The van der Waals surface area contributed by atoms with Crippen LogP contribution in [0.4, 0.5) is 0 Å². The van der Waals surface area contributed by atoms with Gasteiger partial charge in [0.05, 0.1) is 60.9 Å². The van der Waals surface area contributed by atoms with E-state index < -0.39 is 45.4 Å². The molecule has 3 aliphatic rings. The minimum absolute atomic E-state index is 0.223. The van der Waals surface area contributed by atoms with E-state index in [1.165, 1.54) is 0 Å². The number of aliphatic hydroxyl groups excluding tert-OH is 1. The molecule has 3 fully saturated rings. The lowest BCUT2D eigenvalue weighted by Gasteiger charge is -2.32. The van der Waals surface area contributed by atoms with Crippen LogP contribution in [0.25, 0.3) is 22.4 Å². The number of rotatable bonds is 9. The first kappa shape index (κ1) is 30.0. The number of aliphatic hydroxyl groups is 1. The first-order chi connectivity index (χ1) is 19.9. The summed E-state index contributed by atoms with van der Waals surface area (Å²) in [7, 11) is -0.873. The third-order valence-corrected chi connectivity index (χ3v) is 10.0. The fraction of sp³-hybridized carbons (Fsp3) is 0.586. The van der Waals surface area contributed by atoms with Gasteiger partial charge in [0.2, 0.25) is 0 Å². The molecule has 3 saturated heterocycles. The van der Waals surface area contributed by atoms with Crippen molar-refractivity contribution in [2.24, 2.45) is 0 Å². The molecule has 0 spiro atoms. The van der Waals surface area contributed by atoms with E-state index in [4.69, 9.17) is 49.8 Å². The summed E-state index contributed by atoms with van der Waals surface area (Å²) in [5.41, 5.74) is 2.75. The highest BCUT2D eigenvalue weighted by molar-refractivity contribution is 6.62. The molecule has 5 heterocycles. The number of nitrogens with zero attached hydrogens (tertiary/aromatic N) is 3. The Bertz CT molecular complexity index is 1420. The van der Waals surface area contributed by atoms with Crippen molar-refractivity contribution in [3.8, 4) is 17.3 Å². The average molecular weight is 615 g/mol. The Kier molecular flexibility index (Phi) is 8.20. The van der Waals surface area contributed by atoms with Crippen LogP contribution in [-0.4, -0.2) is 91.0 Å². The van der Waals surface area contributed by atoms with Crippen LogP contribution < -0.4 is 10.2 Å². The normalized spacial score (nSPS) is 26.2. The van der Waals surface area contributed by atoms with Crippen molar-refractivity contribution >= 4 is 44.1 Å². The number of benzene rings is 1. The minimum atomic E-state index is -0.663. The fourth-order valence-electron chi connectivity index (χ4n) is 5.30. The molecule has 4 atom stereocenters. The van der Waals surface area contributed by atoms with Crippen molar-refractivity contribution in [1.82, 2.24) is 14.5 Å². The summed E-state index contributed by atoms with van der Waals surface area (Å²) in [5.74, 6) is 0. The van der Waals surface area contributed by atoms with Gasteiger partial charge in [-0.05, 0) is 39.2 Å². The number of fused-ring (bicyclic) bond motifs is 2. The number of hydrogen-bond acceptors (Lipinski definition) is 9. The fourth-order valence-corrected chi connectivity index (χ4v) is 6.11. The zero-order valence-electron chi connectivity index (χ0n) is 24.9. The predicted molar refractivity (Wildman–Crippen MR) is 162 cm³/mol. The van der Waals surface area contributed by atoms with Crippen LogP contribution in [-0.2, 0) is 30.3 Å². The number of halogens is 1. The topological polar surface area (TPSA) is 106 Å². The molecule has 1 aromatic carbocycles. The maximum Gasteiger partial charge on any atom is 0.494 e. The molecular formula is C29H38BClN3O7Si+. The standard InChI is InChI=1S/C29H38BClN3O7Si/c1-28(2)29(3,4)41-30(40-28)18-9-7-17(8-10-18)23-19(31)13-20-26(33-23)34(16-36-11-12-42(5)6)27(32-20)39-22-15-38-24-21(35)14-37-25(22)24/h7-10,13,21-22,24-25,35H,11-12,14-16H2,1-6H3/q+1/t21-,22-,24-,25-/m1/s1. The Balaban J connectivity index is 1.29. The van der Waals surface area contributed by atoms with E-state index in [2.05, 4.69) is 13.1 Å². The van der Waals surface area contributed by atoms with Gasteiger partial charge in [-0.15, -0.1) is 0 Å². The Hall–Kier alpha value is -2.03. The van der Waals surface area contributed by atoms with Gasteiger partial charge in [-0.25, -0.2) is 4.98 Å². The van der Waals surface area contributed by atoms with Crippen LogP contribution in [0, 0.1) is 0 Å². The Morgan fingerprint density at radius 1 is 1.05 bits per heavy atom. The molecule has 42 heavy (non-hydrogen) atoms. The van der Waals surface area contributed by atoms with Crippen molar-refractivity contribution in [2.45, 2.75) is 89.2 Å². The molecule has 0 saturated carbocycles. The number of hydrogen-bond donors (Lipinski definition) is 1. The SMILES string of the molecule is C[Si+](C)CCOCn1c(O[C@@H]2CO[C@H]3[C@@H]2OC[C@H]3O)nc2cc(Cl)c(-c3ccc(B4OC(C)(C)C(C)(C)O4)cc3)nc21. The van der Waals surface area contributed by atoms with E-state index in [-0.39, 0.29) is 19.4 Å². The number of aromatic nitrogens is 3. The molecule has 0 radical (unpaired) electrons. The second-order valence-electron chi connectivity index (χ2n) is 12.5. The summed E-state index contributed by atoms with van der Waals surface area (Å²) < 4.78 is 38.1. The highest BCUT2D eigenvalue weighted by Crippen LogP contribution is 2.37. The second-order valence-corrected chi connectivity index (χ2v) is 15.8. The monoisotopic (exact) mass is 614 g/mol. The summed E-state index contributed by atoms with van der Waals surface area (Å²) in [6.45, 7) is 14.0. The molecule has 0 aliphatic carbocycles. The number of ether oxygens (including phenoxy) is 4. The highest BCUT2D eigenvalue weighted by Gasteiger charge is 2.52. The minimum Gasteiger partial charge on any atom is -0.456 e. The number of pyridine rings is 1. The molecule has 3 aromatic rings. The van der Waals surface area contributed by atoms with Crippen molar-refractivity contribution in [3.05, 3.63) is 35.4 Å². The molecule has 2 aromatic heterocycles. The van der Waals surface area contributed by atoms with Gasteiger partial charge in [-0.3, -0.25) is 4.57 Å². The summed E-state index contributed by atoms with van der Waals surface area (Å²) in [5, 5.41) is 10.6. The van der Waals surface area contributed by atoms with Crippen LogP contribution in [0.2, 0.25) is 24.2 Å². The van der Waals surface area contributed by atoms with Crippen molar-refractivity contribution in [1.29, 1.82) is 0 Å². The van der Waals surface area contributed by atoms with Gasteiger partial charge in [-0.2, -0.15) is 4.98 Å². The van der Waals surface area contributed by atoms with Crippen LogP contribution in [0.1, 0.15) is 27.7 Å². The summed E-state index contributed by atoms with van der Waals surface area (Å²) in [4.78, 5) is 9.68. The van der Waals surface area contributed by atoms with Crippen molar-refractivity contribution in [3.63, 3.8) is 0 Å². The van der Waals surface area contributed by atoms with Crippen LogP contribution in [0.15, 0.2) is 30.3 Å². The molecule has 1 N–H and O–H groups in total. The van der Waals surface area contributed by atoms with Gasteiger partial charge in [0.1, 0.15) is 30.6 Å². The van der Waals surface area contributed by atoms with Gasteiger partial charge in [0.25, 0.3) is 0 Å². The summed E-state index contributed by atoms with van der Waals surface area (Å²) in [6, 6.07) is 11.1. The van der Waals surface area contributed by atoms with E-state index in [0.29, 0.717) is 41.1 Å². The van der Waals surface area contributed by atoms with Gasteiger partial charge < -0.3 is 33.4 Å². The van der Waals surface area contributed by atoms with Gasteiger partial charge in [0, 0.05) is 5.56 Å². The molecule has 10 nitrogen and oxygen atoms in total. The molecule has 6 rings (SSSR count). The Morgan fingerprint density at radius 2 is 1.74 bits per heavy atom. The van der Waals surface area contributed by atoms with E-state index in [1.54, 1.807) is 6.07 Å². The van der Waals surface area contributed by atoms with Crippen LogP contribution in [0.3, 0.4) is 0 Å². The summed E-state index contributed by atoms with van der Waals surface area (Å²) >= 11 is 6.76. The summed E-state index contributed by atoms with van der Waals surface area (Å²) in [6.07, 6.45) is -1.85. The second kappa shape index (κ2) is 11.5. The lowest BCUT2D eigenvalue weighted by molar-refractivity contribution is 0.00337. The quantitative estimate of drug-likeness (QED) is 0.285. The molecule has 0 bridgehead atoms. The maximum atomic E-state index is 10.2. The Morgan fingerprint density at radius 3 is 2.43 bits per heavy atom. The van der Waals surface area contributed by atoms with Crippen LogP contribution >= 0.6 is 11.6 Å². The predicted octanol–water partition coefficient (Wildman–Crippen LogP) is 3.69. The van der Waals surface area contributed by atoms with E-state index in [9.17, 15) is 5.11 Å². The van der Waals surface area contributed by atoms with Crippen molar-refractivity contribution < 1.29 is 33.4 Å². The zero-order chi connectivity index (χ0) is 29.8. The smallest absolute Gasteiger partial charge is 0.456 e. The lowest BCUT2D eigenvalue weighted by atomic mass is 9.79. The molecule has 0 unspecified atom stereocenters. The van der Waals surface area contributed by atoms with E-state index in [0.717, 1.165) is 17.1 Å². The largest absolute Gasteiger partial charge is 0.494 e. The zero-order valence-corrected chi connectivity index (χ0v) is 26.7. The molecule has 13 heteroatoms. The van der Waals surface area contributed by atoms with Crippen molar-refractivity contribution in [2.75, 3.05) is 19.8 Å². The third kappa shape index (κ3) is 5.64. The van der Waals surface area contributed by atoms with Gasteiger partial charge >= 0.3 is 21.9 Å². The molecule has 224 valence electrons. The molecule has 0 amide bonds. The lowest BCUT2D eigenvalue weighted by Crippen LogP contribution is -2.41. The Labute approximate surface area is 253 Å². The van der Waals surface area contributed by atoms with E-state index in [1.807, 2.05) is 56.5 Å². The average Bonchev–Trinajstić information content (AvgIpc) is 3.64. The first-order valence-corrected chi connectivity index (χ1v) is 17.5. The van der Waals surface area contributed by atoms with Gasteiger partial charge in [-0.1, -0.05) is 35.9 Å². The first-order valence-electron chi connectivity index (χ1n) is 14.4. The highest BCUT2D eigenvalue weighted by atomic mass is 35.5. The van der Waals surface area contributed by atoms with Gasteiger partial charge in [0.15, 0.2) is 11.8 Å². The van der Waals surface area contributed by atoms with E-state index >= 15 is 0 Å². The maximum absolute atomic E-state index is 10.2. The molecule has 3 aliphatic heterocycles. The molecular weight excluding hydrogens is 577 g/mol. The third-order valence-electron chi connectivity index (χ3n) is 8.55. The number of imidazole rings is 1. The van der Waals surface area contributed by atoms with Crippen LogP contribution in [0.5, 0.6) is 6.01 Å².